The van der Waals surface area contributed by atoms with E-state index in [2.05, 4.69) is 0 Å². The minimum Gasteiger partial charge on any atom is -0.356 e. The topological polar surface area (TPSA) is 66.2 Å². The van der Waals surface area contributed by atoms with Crippen LogP contribution in [0.3, 0.4) is 0 Å². The van der Waals surface area contributed by atoms with Crippen LogP contribution >= 0.6 is 23.8 Å². The van der Waals surface area contributed by atoms with Gasteiger partial charge in [-0.25, -0.2) is 39.5 Å². The van der Waals surface area contributed by atoms with Gasteiger partial charge in [-0.3, -0.25) is 0 Å². The zero-order valence-electron chi connectivity index (χ0n) is 36.7. The molecule has 0 spiro atoms. The van der Waals surface area contributed by atoms with Crippen LogP contribution in [-0.4, -0.2) is 5.09 Å². The predicted molar refractivity (Wildman–Crippen MR) is 270 cm³/mol. The summed E-state index contributed by atoms with van der Waals surface area (Å²) in [5, 5.41) is 23.4. The molecule has 17 heteroatoms. The average molecular weight is 1080 g/mol. The molecular formula is C54H39CuF9NO3P3+3. The maximum Gasteiger partial charge on any atom is 1.00 e. The summed E-state index contributed by atoms with van der Waals surface area (Å²) in [6, 6.07) is 56.6. The third-order valence-electron chi connectivity index (χ3n) is 10.2. The van der Waals surface area contributed by atoms with Crippen LogP contribution in [0.2, 0.25) is 0 Å². The molecule has 9 aromatic carbocycles. The summed E-state index contributed by atoms with van der Waals surface area (Å²) >= 11 is 0. The largest absolute Gasteiger partial charge is 1.00 e. The van der Waals surface area contributed by atoms with Gasteiger partial charge in [0.2, 0.25) is 0 Å². The first kappa shape index (κ1) is 55.3. The van der Waals surface area contributed by atoms with Crippen molar-refractivity contribution >= 4 is 71.5 Å². The minimum atomic E-state index is -1.75. The molecule has 0 amide bonds. The van der Waals surface area contributed by atoms with Crippen molar-refractivity contribution in [2.45, 2.75) is 0 Å². The Morgan fingerprint density at radius 1 is 0.225 bits per heavy atom. The van der Waals surface area contributed by atoms with Gasteiger partial charge in [0.15, 0.2) is 0 Å². The van der Waals surface area contributed by atoms with Crippen molar-refractivity contribution in [2.75, 3.05) is 0 Å². The number of halogens is 9. The van der Waals surface area contributed by atoms with E-state index in [1.165, 1.54) is 109 Å². The predicted octanol–water partition coefficient (Wildman–Crippen LogP) is 10.5. The van der Waals surface area contributed by atoms with Crippen LogP contribution in [-0.2, 0) is 17.1 Å². The Hall–Kier alpha value is -6.64. The first-order valence-electron chi connectivity index (χ1n) is 20.9. The Bertz CT molecular complexity index is 2380. The van der Waals surface area contributed by atoms with Crippen LogP contribution in [0.5, 0.6) is 0 Å². The van der Waals surface area contributed by atoms with Gasteiger partial charge in [0.25, 0.3) is 0 Å². The van der Waals surface area contributed by atoms with Gasteiger partial charge in [0, 0.05) is 0 Å². The van der Waals surface area contributed by atoms with Gasteiger partial charge >= 0.3 is 17.1 Å². The molecule has 0 bridgehead atoms. The normalized spacial score (nSPS) is 10.5. The molecule has 0 aromatic heterocycles. The second-order valence-electron chi connectivity index (χ2n) is 14.9. The van der Waals surface area contributed by atoms with Gasteiger partial charge in [-0.1, -0.05) is 0 Å². The first-order chi connectivity index (χ1) is 33.6. The fourth-order valence-corrected chi connectivity index (χ4v) is 14.5. The summed E-state index contributed by atoms with van der Waals surface area (Å²) in [7, 11) is -4.28. The average Bonchev–Trinajstić information content (AvgIpc) is 3.35. The third kappa shape index (κ3) is 16.7. The molecule has 9 rings (SSSR count). The number of benzene rings is 9. The van der Waals surface area contributed by atoms with Crippen molar-refractivity contribution < 1.29 is 61.7 Å². The fraction of sp³-hybridized carbons (Fsp3) is 0. The molecule has 0 atom stereocenters. The van der Waals surface area contributed by atoms with Crippen molar-refractivity contribution in [3.63, 3.8) is 0 Å². The third-order valence-corrected chi connectivity index (χ3v) is 18.4. The van der Waals surface area contributed by atoms with Crippen molar-refractivity contribution in [3.8, 4) is 0 Å². The summed E-state index contributed by atoms with van der Waals surface area (Å²) in [4.78, 5) is 8.25. The fourth-order valence-electron chi connectivity index (χ4n) is 7.05. The SMILES string of the molecule is Fc1ccc([PH+](c2ccc(F)cc2)c2ccc(F)cc2)cc1.Fc1ccc([PH+](c2ccc(F)cc2)c2ccc(F)cc2)cc1.Fc1ccc([PH+](c2ccc(F)cc2)c2ccc(F)cc2)cc1.O=[N+]([O-])[O-].[Cu+]. The number of hydrogen-bond acceptors (Lipinski definition) is 3. The van der Waals surface area contributed by atoms with Crippen LogP contribution in [0.25, 0.3) is 0 Å². The zero-order valence-corrected chi connectivity index (χ0v) is 40.6. The van der Waals surface area contributed by atoms with Crippen LogP contribution in [0, 0.1) is 67.7 Å². The van der Waals surface area contributed by atoms with Gasteiger partial charge in [-0.05, 0) is 218 Å². The molecule has 71 heavy (non-hydrogen) atoms. The Balaban J connectivity index is 0.000000189. The van der Waals surface area contributed by atoms with E-state index in [1.807, 2.05) is 0 Å². The van der Waals surface area contributed by atoms with E-state index in [0.717, 1.165) is 47.7 Å². The van der Waals surface area contributed by atoms with Gasteiger partial charge in [-0.2, -0.15) is 0 Å². The Kier molecular flexibility index (Phi) is 21.1. The molecule has 0 saturated heterocycles. The summed E-state index contributed by atoms with van der Waals surface area (Å²) in [6.45, 7) is 0. The Labute approximate surface area is 417 Å². The minimum absolute atomic E-state index is 0. The number of rotatable bonds is 9. The second kappa shape index (κ2) is 27.1. The second-order valence-corrected chi connectivity index (χ2v) is 22.4. The smallest absolute Gasteiger partial charge is 0.356 e. The summed E-state index contributed by atoms with van der Waals surface area (Å²) in [5.74, 6) is -2.72. The Morgan fingerprint density at radius 2 is 0.296 bits per heavy atom. The molecule has 0 aliphatic carbocycles. The quantitative estimate of drug-likeness (QED) is 0.0476. The number of nitrogens with zero attached hydrogens (tertiary/aromatic N) is 1. The van der Waals surface area contributed by atoms with E-state index in [1.54, 1.807) is 109 Å². The zero-order chi connectivity index (χ0) is 50.2. The first-order valence-corrected chi connectivity index (χ1v) is 25.4. The molecule has 4 nitrogen and oxygen atoms in total. The van der Waals surface area contributed by atoms with Crippen LogP contribution < -0.4 is 47.7 Å². The van der Waals surface area contributed by atoms with Gasteiger partial charge in [0.1, 0.15) is 100 Å². The Morgan fingerprint density at radius 3 is 0.366 bits per heavy atom. The molecule has 0 aliphatic rings. The van der Waals surface area contributed by atoms with Gasteiger partial charge in [0.05, 0.1) is 28.9 Å². The van der Waals surface area contributed by atoms with E-state index >= 15 is 0 Å². The van der Waals surface area contributed by atoms with Crippen molar-refractivity contribution in [2.24, 2.45) is 0 Å². The van der Waals surface area contributed by atoms with Crippen LogP contribution in [0.15, 0.2) is 218 Å². The van der Waals surface area contributed by atoms with Gasteiger partial charge in [-0.15, -0.1) is 0 Å². The molecule has 0 heterocycles. The molecule has 0 radical (unpaired) electrons. The maximum absolute atomic E-state index is 13.2. The summed E-state index contributed by atoms with van der Waals surface area (Å²) < 4.78 is 119. The molecule has 0 aliphatic heterocycles. The van der Waals surface area contributed by atoms with E-state index < -0.39 is 28.9 Å². The van der Waals surface area contributed by atoms with E-state index in [4.69, 9.17) is 15.3 Å². The molecule has 9 aromatic rings. The summed E-state index contributed by atoms with van der Waals surface area (Å²) in [6.07, 6.45) is 0. The van der Waals surface area contributed by atoms with E-state index in [0.29, 0.717) is 0 Å². The van der Waals surface area contributed by atoms with E-state index in [-0.39, 0.29) is 69.4 Å². The van der Waals surface area contributed by atoms with Crippen LogP contribution in [0.4, 0.5) is 39.5 Å². The standard InChI is InChI=1S/3C18H12F3P.Cu.NO3/c3*19-13-1-7-16(8-2-13)22(17-9-3-14(20)4-10-17)18-11-5-15(21)6-12-18;;2-1(3)4/h3*1-12H;;/q;;;+1;-1/p+3. The molecule has 0 fully saturated rings. The monoisotopic (exact) mass is 1080 g/mol. The molecule has 0 unspecified atom stereocenters. The van der Waals surface area contributed by atoms with E-state index in [9.17, 15) is 39.5 Å². The molecular weight excluding hydrogens is 1040 g/mol. The summed E-state index contributed by atoms with van der Waals surface area (Å²) in [5.41, 5.74) is 0. The van der Waals surface area contributed by atoms with Gasteiger partial charge < -0.3 is 15.3 Å². The molecule has 0 N–H and O–H groups in total. The maximum atomic E-state index is 13.2. The van der Waals surface area contributed by atoms with Crippen LogP contribution in [0.1, 0.15) is 0 Å². The molecule has 364 valence electrons. The van der Waals surface area contributed by atoms with Crippen molar-refractivity contribution in [1.29, 1.82) is 0 Å². The number of hydrogen-bond donors (Lipinski definition) is 0. The van der Waals surface area contributed by atoms with Crippen molar-refractivity contribution in [3.05, 3.63) is 286 Å². The van der Waals surface area contributed by atoms with Crippen molar-refractivity contribution in [1.82, 2.24) is 0 Å². The molecule has 0 saturated carbocycles.